The number of hydrogen-bond acceptors (Lipinski definition) is 2. The lowest BCUT2D eigenvalue weighted by atomic mass is 10.0. The molecule has 0 spiro atoms. The van der Waals surface area contributed by atoms with Gasteiger partial charge in [0, 0.05) is 15.8 Å². The second kappa shape index (κ2) is 7.16. The number of halogens is 1. The van der Waals surface area contributed by atoms with Gasteiger partial charge in [0.25, 0.3) is 0 Å². The Balaban J connectivity index is 2.16. The Morgan fingerprint density at radius 1 is 1.15 bits per heavy atom. The first-order valence-electron chi connectivity index (χ1n) is 6.87. The maximum atomic E-state index is 6.21. The zero-order valence-electron chi connectivity index (χ0n) is 11.9. The van der Waals surface area contributed by atoms with Crippen molar-refractivity contribution in [2.24, 2.45) is 5.73 Å². The van der Waals surface area contributed by atoms with E-state index in [1.807, 2.05) is 24.3 Å². The Hall–Kier alpha value is -0.960. The Morgan fingerprint density at radius 3 is 2.55 bits per heavy atom. The van der Waals surface area contributed by atoms with Gasteiger partial charge in [0.2, 0.25) is 0 Å². The maximum absolute atomic E-state index is 6.21. The van der Waals surface area contributed by atoms with Crippen LogP contribution in [0.5, 0.6) is 0 Å². The van der Waals surface area contributed by atoms with Gasteiger partial charge >= 0.3 is 0 Å². The molecule has 0 aliphatic rings. The van der Waals surface area contributed by atoms with E-state index in [1.54, 1.807) is 11.8 Å². The Kier molecular flexibility index (Phi) is 5.53. The fraction of sp³-hybridized carbons (Fsp3) is 0.294. The zero-order chi connectivity index (χ0) is 14.5. The van der Waals surface area contributed by atoms with Crippen LogP contribution in [0.1, 0.15) is 24.5 Å². The van der Waals surface area contributed by atoms with Gasteiger partial charge in [-0.2, -0.15) is 0 Å². The van der Waals surface area contributed by atoms with Gasteiger partial charge in [-0.1, -0.05) is 54.6 Å². The second-order valence-corrected chi connectivity index (χ2v) is 6.50. The number of rotatable bonds is 5. The summed E-state index contributed by atoms with van der Waals surface area (Å²) in [7, 11) is 0. The number of nitrogens with two attached hydrogens (primary N) is 1. The summed E-state index contributed by atoms with van der Waals surface area (Å²) in [6, 6.07) is 14.8. The van der Waals surface area contributed by atoms with Crippen LogP contribution < -0.4 is 5.73 Å². The fourth-order valence-electron chi connectivity index (χ4n) is 2.05. The molecule has 1 unspecified atom stereocenters. The van der Waals surface area contributed by atoms with E-state index in [1.165, 1.54) is 16.0 Å². The summed E-state index contributed by atoms with van der Waals surface area (Å²) in [5.74, 6) is 0. The Morgan fingerprint density at radius 2 is 1.90 bits per heavy atom. The van der Waals surface area contributed by atoms with Crippen LogP contribution in [0.4, 0.5) is 0 Å². The molecule has 0 aliphatic heterocycles. The van der Waals surface area contributed by atoms with Crippen molar-refractivity contribution in [1.29, 1.82) is 0 Å². The summed E-state index contributed by atoms with van der Waals surface area (Å²) in [4.78, 5) is 2.34. The van der Waals surface area contributed by atoms with Gasteiger partial charge in [-0.3, -0.25) is 0 Å². The van der Waals surface area contributed by atoms with Gasteiger partial charge in [0.1, 0.15) is 0 Å². The van der Waals surface area contributed by atoms with Gasteiger partial charge in [-0.05, 0) is 49.1 Å². The van der Waals surface area contributed by atoms with E-state index >= 15 is 0 Å². The predicted molar refractivity (Wildman–Crippen MR) is 88.7 cm³/mol. The molecule has 1 nitrogen and oxygen atoms in total. The molecule has 3 heteroatoms. The third kappa shape index (κ3) is 4.02. The van der Waals surface area contributed by atoms with Crippen LogP contribution in [-0.4, -0.2) is 6.04 Å². The molecule has 0 heterocycles. The maximum Gasteiger partial charge on any atom is 0.0545 e. The van der Waals surface area contributed by atoms with Crippen LogP contribution in [-0.2, 0) is 6.42 Å². The highest BCUT2D eigenvalue weighted by Crippen LogP contribution is 2.35. The van der Waals surface area contributed by atoms with Crippen molar-refractivity contribution in [2.45, 2.75) is 42.5 Å². The van der Waals surface area contributed by atoms with Crippen molar-refractivity contribution in [2.75, 3.05) is 0 Å². The monoisotopic (exact) mass is 305 g/mol. The molecular formula is C17H20ClNS. The van der Waals surface area contributed by atoms with Gasteiger partial charge in [0.15, 0.2) is 0 Å². The summed E-state index contributed by atoms with van der Waals surface area (Å²) in [5, 5.41) is 0.800. The van der Waals surface area contributed by atoms with Crippen molar-refractivity contribution in [3.63, 3.8) is 0 Å². The summed E-state index contributed by atoms with van der Waals surface area (Å²) < 4.78 is 0. The van der Waals surface area contributed by atoms with E-state index in [0.717, 1.165) is 22.8 Å². The van der Waals surface area contributed by atoms with E-state index < -0.39 is 0 Å². The number of aryl methyl sites for hydroxylation is 1. The molecular weight excluding hydrogens is 286 g/mol. The second-order valence-electron chi connectivity index (χ2n) is 5.00. The van der Waals surface area contributed by atoms with E-state index in [4.69, 9.17) is 17.3 Å². The van der Waals surface area contributed by atoms with Crippen LogP contribution >= 0.6 is 23.4 Å². The first-order chi connectivity index (χ1) is 9.60. The van der Waals surface area contributed by atoms with Crippen LogP contribution in [0.2, 0.25) is 5.02 Å². The summed E-state index contributed by atoms with van der Waals surface area (Å²) >= 11 is 7.92. The molecule has 2 N–H and O–H groups in total. The first kappa shape index (κ1) is 15.4. The molecule has 0 saturated heterocycles. The van der Waals surface area contributed by atoms with Gasteiger partial charge in [-0.15, -0.1) is 0 Å². The largest absolute Gasteiger partial charge is 0.327 e. The van der Waals surface area contributed by atoms with Gasteiger partial charge in [0.05, 0.1) is 5.02 Å². The van der Waals surface area contributed by atoms with Crippen molar-refractivity contribution < 1.29 is 0 Å². The molecule has 2 aromatic carbocycles. The van der Waals surface area contributed by atoms with Crippen molar-refractivity contribution in [3.05, 3.63) is 58.6 Å². The minimum Gasteiger partial charge on any atom is -0.327 e. The minimum absolute atomic E-state index is 0.247. The highest BCUT2D eigenvalue weighted by atomic mass is 35.5. The van der Waals surface area contributed by atoms with Gasteiger partial charge < -0.3 is 5.73 Å². The molecule has 0 saturated carbocycles. The fourth-order valence-corrected chi connectivity index (χ4v) is 3.20. The van der Waals surface area contributed by atoms with E-state index in [2.05, 4.69) is 32.0 Å². The molecule has 0 fully saturated rings. The summed E-state index contributed by atoms with van der Waals surface area (Å²) in [6.45, 7) is 4.26. The smallest absolute Gasteiger partial charge is 0.0545 e. The quantitative estimate of drug-likeness (QED) is 0.833. The summed E-state index contributed by atoms with van der Waals surface area (Å²) in [6.07, 6.45) is 1.95. The Bertz CT molecular complexity index is 583. The molecule has 0 bridgehead atoms. The molecule has 106 valence electrons. The lowest BCUT2D eigenvalue weighted by molar-refractivity contribution is 0.646. The normalized spacial score (nSPS) is 12.4. The SMILES string of the molecule is CCC(N)Cc1ccc(Sc2ccccc2Cl)c(C)c1. The highest BCUT2D eigenvalue weighted by molar-refractivity contribution is 7.99. The van der Waals surface area contributed by atoms with Crippen LogP contribution in [0, 0.1) is 6.92 Å². The van der Waals surface area contributed by atoms with Crippen LogP contribution in [0.25, 0.3) is 0 Å². The third-order valence-electron chi connectivity index (χ3n) is 3.32. The molecule has 2 aromatic rings. The van der Waals surface area contributed by atoms with Crippen molar-refractivity contribution >= 4 is 23.4 Å². The average molecular weight is 306 g/mol. The predicted octanol–water partition coefficient (Wildman–Crippen LogP) is 5.08. The standard InChI is InChI=1S/C17H20ClNS/c1-3-14(19)11-13-8-9-16(12(2)10-13)20-17-7-5-4-6-15(17)18/h4-10,14H,3,11,19H2,1-2H3. The van der Waals surface area contributed by atoms with Crippen LogP contribution in [0.3, 0.4) is 0 Å². The number of hydrogen-bond donors (Lipinski definition) is 1. The molecule has 0 radical (unpaired) electrons. The Labute approximate surface area is 130 Å². The van der Waals surface area contributed by atoms with Crippen molar-refractivity contribution in [1.82, 2.24) is 0 Å². The number of benzene rings is 2. The molecule has 0 amide bonds. The van der Waals surface area contributed by atoms with E-state index in [0.29, 0.717) is 0 Å². The molecule has 0 aliphatic carbocycles. The third-order valence-corrected chi connectivity index (χ3v) is 5.01. The van der Waals surface area contributed by atoms with Crippen LogP contribution in [0.15, 0.2) is 52.3 Å². The molecule has 1 atom stereocenters. The zero-order valence-corrected chi connectivity index (χ0v) is 13.5. The molecule has 20 heavy (non-hydrogen) atoms. The highest BCUT2D eigenvalue weighted by Gasteiger charge is 2.07. The summed E-state index contributed by atoms with van der Waals surface area (Å²) in [5.41, 5.74) is 8.59. The van der Waals surface area contributed by atoms with E-state index in [9.17, 15) is 0 Å². The minimum atomic E-state index is 0.247. The van der Waals surface area contributed by atoms with Crippen molar-refractivity contribution in [3.8, 4) is 0 Å². The molecule has 2 rings (SSSR count). The molecule has 0 aromatic heterocycles. The topological polar surface area (TPSA) is 26.0 Å². The first-order valence-corrected chi connectivity index (χ1v) is 8.07. The van der Waals surface area contributed by atoms with E-state index in [-0.39, 0.29) is 6.04 Å². The average Bonchev–Trinajstić information content (AvgIpc) is 2.44. The lowest BCUT2D eigenvalue weighted by Crippen LogP contribution is -2.21. The lowest BCUT2D eigenvalue weighted by Gasteiger charge is -2.12. The van der Waals surface area contributed by atoms with Gasteiger partial charge in [-0.25, -0.2) is 0 Å².